The van der Waals surface area contributed by atoms with Crippen LogP contribution in [-0.4, -0.2) is 18.1 Å². The summed E-state index contributed by atoms with van der Waals surface area (Å²) in [4.78, 5) is 16.1. The van der Waals surface area contributed by atoms with Crippen LogP contribution in [-0.2, 0) is 21.4 Å². The summed E-state index contributed by atoms with van der Waals surface area (Å²) in [6, 6.07) is 0. The Balaban J connectivity index is 2.18. The highest BCUT2D eigenvalue weighted by atomic mass is 32.1. The molecule has 2 rings (SSSR count). The second-order valence-electron chi connectivity index (χ2n) is 3.97. The van der Waals surface area contributed by atoms with Crippen LogP contribution in [0.4, 0.5) is 0 Å². The molecule has 4 heteroatoms. The van der Waals surface area contributed by atoms with Gasteiger partial charge in [0.25, 0.3) is 0 Å². The third-order valence-corrected chi connectivity index (χ3v) is 3.89. The van der Waals surface area contributed by atoms with Crippen molar-refractivity contribution in [2.45, 2.75) is 38.0 Å². The van der Waals surface area contributed by atoms with Crippen LogP contribution in [0.15, 0.2) is 5.38 Å². The van der Waals surface area contributed by atoms with Crippen LogP contribution in [0.2, 0.25) is 0 Å². The first kappa shape index (κ1) is 10.6. The van der Waals surface area contributed by atoms with Crippen molar-refractivity contribution in [1.29, 1.82) is 0 Å². The fourth-order valence-corrected chi connectivity index (χ4v) is 2.82. The molecule has 3 nitrogen and oxygen atoms in total. The molecule has 0 amide bonds. The number of nitrogens with zero attached hydrogens (tertiary/aromatic N) is 1. The summed E-state index contributed by atoms with van der Waals surface area (Å²) in [7, 11) is 1.45. The predicted octanol–water partition coefficient (Wildman–Crippen LogP) is 2.30. The maximum Gasteiger partial charge on any atom is 0.318 e. The zero-order valence-electron chi connectivity index (χ0n) is 9.08. The lowest BCUT2D eigenvalue weighted by Crippen LogP contribution is -2.21. The number of esters is 1. The standard InChI is InChI=1S/C11H15NO2S/c1-3-4-8-7-15-9(12-8)11(5-6-11)10(13)14-2/h7H,3-6H2,1-2H3. The van der Waals surface area contributed by atoms with Crippen molar-refractivity contribution in [1.82, 2.24) is 4.98 Å². The van der Waals surface area contributed by atoms with E-state index in [1.54, 1.807) is 11.3 Å². The quantitative estimate of drug-likeness (QED) is 0.738. The molecule has 0 N–H and O–H groups in total. The van der Waals surface area contributed by atoms with Crippen molar-refractivity contribution in [3.05, 3.63) is 16.1 Å². The van der Waals surface area contributed by atoms with E-state index in [1.165, 1.54) is 7.11 Å². The number of hydrogen-bond acceptors (Lipinski definition) is 4. The van der Waals surface area contributed by atoms with Crippen LogP contribution >= 0.6 is 11.3 Å². The molecule has 0 unspecified atom stereocenters. The molecular formula is C11H15NO2S. The Morgan fingerprint density at radius 1 is 1.67 bits per heavy atom. The number of aryl methyl sites for hydroxylation is 1. The fraction of sp³-hybridized carbons (Fsp3) is 0.636. The molecule has 0 saturated heterocycles. The maximum absolute atomic E-state index is 11.6. The second-order valence-corrected chi connectivity index (χ2v) is 4.83. The van der Waals surface area contributed by atoms with Gasteiger partial charge in [-0.25, -0.2) is 4.98 Å². The maximum atomic E-state index is 11.6. The number of thiazole rings is 1. The fourth-order valence-electron chi connectivity index (χ4n) is 1.72. The van der Waals surface area contributed by atoms with E-state index in [9.17, 15) is 4.79 Å². The third-order valence-electron chi connectivity index (χ3n) is 2.79. The average Bonchev–Trinajstić information content (AvgIpc) is 2.93. The summed E-state index contributed by atoms with van der Waals surface area (Å²) < 4.78 is 4.83. The lowest BCUT2D eigenvalue weighted by Gasteiger charge is -2.08. The van der Waals surface area contributed by atoms with Crippen molar-refractivity contribution in [3.63, 3.8) is 0 Å². The van der Waals surface area contributed by atoms with E-state index in [4.69, 9.17) is 4.74 Å². The van der Waals surface area contributed by atoms with E-state index in [0.29, 0.717) is 0 Å². The topological polar surface area (TPSA) is 39.2 Å². The number of methoxy groups -OCH3 is 1. The number of rotatable bonds is 4. The molecule has 0 aliphatic heterocycles. The summed E-state index contributed by atoms with van der Waals surface area (Å²) in [5.41, 5.74) is 0.721. The Morgan fingerprint density at radius 2 is 2.40 bits per heavy atom. The van der Waals surface area contributed by atoms with E-state index in [-0.39, 0.29) is 11.4 Å². The zero-order valence-corrected chi connectivity index (χ0v) is 9.89. The molecule has 1 aromatic heterocycles. The summed E-state index contributed by atoms with van der Waals surface area (Å²) in [5, 5.41) is 3.00. The van der Waals surface area contributed by atoms with Gasteiger partial charge in [-0.15, -0.1) is 11.3 Å². The first-order valence-corrected chi connectivity index (χ1v) is 6.14. The zero-order chi connectivity index (χ0) is 10.9. The van der Waals surface area contributed by atoms with Crippen LogP contribution in [0.5, 0.6) is 0 Å². The highest BCUT2D eigenvalue weighted by molar-refractivity contribution is 7.10. The minimum atomic E-state index is -0.384. The van der Waals surface area contributed by atoms with Gasteiger partial charge in [-0.1, -0.05) is 13.3 Å². The summed E-state index contributed by atoms with van der Waals surface area (Å²) >= 11 is 1.59. The normalized spacial score (nSPS) is 17.5. The minimum absolute atomic E-state index is 0.125. The Hall–Kier alpha value is -0.900. The SMILES string of the molecule is CCCc1csc(C2(C(=O)OC)CC2)n1. The van der Waals surface area contributed by atoms with Gasteiger partial charge in [0.1, 0.15) is 10.4 Å². The molecule has 1 saturated carbocycles. The molecule has 15 heavy (non-hydrogen) atoms. The van der Waals surface area contributed by atoms with Gasteiger partial charge in [0.05, 0.1) is 12.8 Å². The van der Waals surface area contributed by atoms with Crippen LogP contribution < -0.4 is 0 Å². The van der Waals surface area contributed by atoms with Crippen molar-refractivity contribution in [2.75, 3.05) is 7.11 Å². The van der Waals surface area contributed by atoms with Crippen molar-refractivity contribution in [3.8, 4) is 0 Å². The molecule has 0 aromatic carbocycles. The molecule has 82 valence electrons. The van der Waals surface area contributed by atoms with Crippen molar-refractivity contribution >= 4 is 17.3 Å². The minimum Gasteiger partial charge on any atom is -0.468 e. The van der Waals surface area contributed by atoms with Gasteiger partial charge in [0, 0.05) is 5.38 Å². The molecule has 1 fully saturated rings. The lowest BCUT2D eigenvalue weighted by atomic mass is 10.1. The first-order chi connectivity index (χ1) is 7.23. The molecule has 0 radical (unpaired) electrons. The Labute approximate surface area is 93.5 Å². The van der Waals surface area contributed by atoms with Gasteiger partial charge in [0.2, 0.25) is 0 Å². The number of carbonyl (C=O) groups is 1. The summed E-state index contributed by atoms with van der Waals surface area (Å²) in [6.45, 7) is 2.13. The first-order valence-electron chi connectivity index (χ1n) is 5.26. The monoisotopic (exact) mass is 225 g/mol. The predicted molar refractivity (Wildman–Crippen MR) is 59.0 cm³/mol. The Kier molecular flexibility index (Phi) is 2.78. The highest BCUT2D eigenvalue weighted by Crippen LogP contribution is 2.50. The second kappa shape index (κ2) is 3.93. The van der Waals surface area contributed by atoms with Crippen LogP contribution in [0.25, 0.3) is 0 Å². The van der Waals surface area contributed by atoms with E-state index >= 15 is 0 Å². The highest BCUT2D eigenvalue weighted by Gasteiger charge is 2.54. The van der Waals surface area contributed by atoms with Gasteiger partial charge in [-0.3, -0.25) is 4.79 Å². The summed E-state index contributed by atoms with van der Waals surface area (Å²) in [5.74, 6) is -0.125. The molecule has 1 heterocycles. The Bertz CT molecular complexity index is 368. The van der Waals surface area contributed by atoms with Gasteiger partial charge < -0.3 is 4.74 Å². The van der Waals surface area contributed by atoms with E-state index in [0.717, 1.165) is 36.4 Å². The van der Waals surface area contributed by atoms with E-state index in [1.807, 2.05) is 0 Å². The van der Waals surface area contributed by atoms with E-state index < -0.39 is 0 Å². The number of hydrogen-bond donors (Lipinski definition) is 0. The molecule has 0 bridgehead atoms. The van der Waals surface area contributed by atoms with Gasteiger partial charge in [-0.2, -0.15) is 0 Å². The summed E-state index contributed by atoms with van der Waals surface area (Å²) in [6.07, 6.45) is 3.86. The Morgan fingerprint density at radius 3 is 2.93 bits per heavy atom. The van der Waals surface area contributed by atoms with Crippen LogP contribution in [0, 0.1) is 0 Å². The van der Waals surface area contributed by atoms with Crippen molar-refractivity contribution < 1.29 is 9.53 Å². The molecule has 1 aliphatic carbocycles. The molecular weight excluding hydrogens is 210 g/mol. The van der Waals surface area contributed by atoms with E-state index in [2.05, 4.69) is 17.3 Å². The van der Waals surface area contributed by atoms with Gasteiger partial charge >= 0.3 is 5.97 Å². The number of ether oxygens (including phenoxy) is 1. The molecule has 1 aliphatic rings. The number of aromatic nitrogens is 1. The third kappa shape index (κ3) is 1.78. The lowest BCUT2D eigenvalue weighted by molar-refractivity contribution is -0.143. The van der Waals surface area contributed by atoms with Crippen LogP contribution in [0.3, 0.4) is 0 Å². The largest absolute Gasteiger partial charge is 0.468 e. The molecule has 1 aromatic rings. The van der Waals surface area contributed by atoms with Crippen LogP contribution in [0.1, 0.15) is 36.9 Å². The average molecular weight is 225 g/mol. The number of carbonyl (C=O) groups excluding carboxylic acids is 1. The van der Waals surface area contributed by atoms with Gasteiger partial charge in [0.15, 0.2) is 0 Å². The molecule has 0 atom stereocenters. The smallest absolute Gasteiger partial charge is 0.318 e. The van der Waals surface area contributed by atoms with Gasteiger partial charge in [-0.05, 0) is 19.3 Å². The molecule has 0 spiro atoms. The van der Waals surface area contributed by atoms with Crippen molar-refractivity contribution in [2.24, 2.45) is 0 Å².